The van der Waals surface area contributed by atoms with E-state index in [4.69, 9.17) is 5.11 Å². The molecule has 0 aliphatic heterocycles. The Hall–Kier alpha value is -1.65. The Balaban J connectivity index is 3.11. The van der Waals surface area contributed by atoms with Crippen LogP contribution in [0, 0.1) is 11.6 Å². The van der Waals surface area contributed by atoms with Crippen LogP contribution in [0.5, 0.6) is 0 Å². The summed E-state index contributed by atoms with van der Waals surface area (Å²) in [5, 5.41) is 8.71. The molecular weight excluding hydrogens is 240 g/mol. The molecule has 0 spiro atoms. The highest BCUT2D eigenvalue weighted by Crippen LogP contribution is 2.25. The molecule has 0 aliphatic rings. The predicted molar refractivity (Wildman–Crippen MR) is 66.1 cm³/mol. The molecule has 5 heteroatoms. The SMILES string of the molecule is CCCCN(CC)c1c(F)cc(C(=O)O)cc1F. The van der Waals surface area contributed by atoms with Crippen molar-refractivity contribution in [1.82, 2.24) is 0 Å². The van der Waals surface area contributed by atoms with E-state index in [0.717, 1.165) is 25.0 Å². The first-order valence-corrected chi connectivity index (χ1v) is 5.98. The van der Waals surface area contributed by atoms with Crippen molar-refractivity contribution in [3.05, 3.63) is 29.3 Å². The van der Waals surface area contributed by atoms with Crippen LogP contribution < -0.4 is 4.90 Å². The van der Waals surface area contributed by atoms with Crippen molar-refractivity contribution < 1.29 is 18.7 Å². The van der Waals surface area contributed by atoms with E-state index in [1.807, 2.05) is 6.92 Å². The minimum Gasteiger partial charge on any atom is -0.478 e. The molecule has 1 aromatic carbocycles. The molecule has 0 fully saturated rings. The number of anilines is 1. The first-order chi connectivity index (χ1) is 8.51. The summed E-state index contributed by atoms with van der Waals surface area (Å²) in [4.78, 5) is 12.3. The number of benzene rings is 1. The minimum atomic E-state index is -1.34. The number of unbranched alkanes of at least 4 members (excludes halogenated alkanes) is 1. The lowest BCUT2D eigenvalue weighted by molar-refractivity contribution is 0.0696. The van der Waals surface area contributed by atoms with Crippen molar-refractivity contribution in [3.63, 3.8) is 0 Å². The fourth-order valence-corrected chi connectivity index (χ4v) is 1.77. The molecule has 0 radical (unpaired) electrons. The monoisotopic (exact) mass is 257 g/mol. The lowest BCUT2D eigenvalue weighted by Crippen LogP contribution is -2.26. The van der Waals surface area contributed by atoms with Gasteiger partial charge in [-0.15, -0.1) is 0 Å². The molecule has 0 aliphatic carbocycles. The van der Waals surface area contributed by atoms with Crippen LogP contribution in [0.1, 0.15) is 37.0 Å². The van der Waals surface area contributed by atoms with Gasteiger partial charge in [-0.05, 0) is 25.5 Å². The second kappa shape index (κ2) is 6.33. The van der Waals surface area contributed by atoms with Crippen LogP contribution >= 0.6 is 0 Å². The molecule has 0 unspecified atom stereocenters. The molecule has 0 heterocycles. The van der Waals surface area contributed by atoms with Gasteiger partial charge in [-0.25, -0.2) is 13.6 Å². The highest BCUT2D eigenvalue weighted by molar-refractivity contribution is 5.88. The van der Waals surface area contributed by atoms with Crippen LogP contribution in [0.3, 0.4) is 0 Å². The van der Waals surface area contributed by atoms with E-state index < -0.39 is 17.6 Å². The summed E-state index contributed by atoms with van der Waals surface area (Å²) >= 11 is 0. The predicted octanol–water partition coefficient (Wildman–Crippen LogP) is 3.29. The molecule has 0 aromatic heterocycles. The summed E-state index contributed by atoms with van der Waals surface area (Å²) in [5.74, 6) is -2.99. The van der Waals surface area contributed by atoms with Gasteiger partial charge >= 0.3 is 5.97 Å². The molecule has 0 atom stereocenters. The maximum atomic E-state index is 13.8. The minimum absolute atomic E-state index is 0.143. The largest absolute Gasteiger partial charge is 0.478 e. The van der Waals surface area contributed by atoms with Crippen molar-refractivity contribution in [2.45, 2.75) is 26.7 Å². The number of carbonyl (C=O) groups is 1. The van der Waals surface area contributed by atoms with Crippen LogP contribution in [0.4, 0.5) is 14.5 Å². The summed E-state index contributed by atoms with van der Waals surface area (Å²) in [5.41, 5.74) is -0.517. The number of hydrogen-bond donors (Lipinski definition) is 1. The van der Waals surface area contributed by atoms with E-state index in [9.17, 15) is 13.6 Å². The standard InChI is InChI=1S/C13H17F2NO2/c1-3-5-6-16(4-2)12-10(14)7-9(13(17)18)8-11(12)15/h7-8H,3-6H2,1-2H3,(H,17,18). The summed E-state index contributed by atoms with van der Waals surface area (Å²) in [6, 6.07) is 1.71. The van der Waals surface area contributed by atoms with Crippen molar-refractivity contribution >= 4 is 11.7 Å². The highest BCUT2D eigenvalue weighted by Gasteiger charge is 2.18. The molecule has 3 nitrogen and oxygen atoms in total. The average molecular weight is 257 g/mol. The van der Waals surface area contributed by atoms with Crippen molar-refractivity contribution in [2.24, 2.45) is 0 Å². The number of aromatic carboxylic acids is 1. The number of nitrogens with zero attached hydrogens (tertiary/aromatic N) is 1. The third kappa shape index (κ3) is 3.18. The van der Waals surface area contributed by atoms with Gasteiger partial charge in [-0.1, -0.05) is 13.3 Å². The fourth-order valence-electron chi connectivity index (χ4n) is 1.77. The number of carboxylic acids is 1. The molecule has 0 amide bonds. The molecular formula is C13H17F2NO2. The third-order valence-corrected chi connectivity index (χ3v) is 2.74. The summed E-state index contributed by atoms with van der Waals surface area (Å²) in [6.07, 6.45) is 1.75. The van der Waals surface area contributed by atoms with Gasteiger partial charge in [-0.3, -0.25) is 0 Å². The first-order valence-electron chi connectivity index (χ1n) is 5.98. The van der Waals surface area contributed by atoms with Crippen LogP contribution in [0.25, 0.3) is 0 Å². The van der Waals surface area contributed by atoms with Crippen LogP contribution in [0.15, 0.2) is 12.1 Å². The molecule has 1 rings (SSSR count). The van der Waals surface area contributed by atoms with Gasteiger partial charge in [-0.2, -0.15) is 0 Å². The zero-order valence-corrected chi connectivity index (χ0v) is 10.5. The Bertz CT molecular complexity index is 412. The van der Waals surface area contributed by atoms with Gasteiger partial charge in [0, 0.05) is 13.1 Å². The second-order valence-electron chi connectivity index (χ2n) is 4.03. The number of hydrogen-bond acceptors (Lipinski definition) is 2. The van der Waals surface area contributed by atoms with Gasteiger partial charge in [0.15, 0.2) is 0 Å². The van der Waals surface area contributed by atoms with Crippen LogP contribution in [-0.4, -0.2) is 24.2 Å². The number of halogens is 2. The van der Waals surface area contributed by atoms with E-state index in [-0.39, 0.29) is 11.3 Å². The smallest absolute Gasteiger partial charge is 0.335 e. The topological polar surface area (TPSA) is 40.5 Å². The van der Waals surface area contributed by atoms with E-state index in [1.54, 1.807) is 11.8 Å². The van der Waals surface area contributed by atoms with E-state index in [1.165, 1.54) is 0 Å². The van der Waals surface area contributed by atoms with Crippen molar-refractivity contribution in [2.75, 3.05) is 18.0 Å². The lowest BCUT2D eigenvalue weighted by atomic mass is 10.1. The summed E-state index contributed by atoms with van der Waals surface area (Å²) < 4.78 is 27.6. The Morgan fingerprint density at radius 3 is 2.22 bits per heavy atom. The van der Waals surface area contributed by atoms with Gasteiger partial charge in [0.25, 0.3) is 0 Å². The Morgan fingerprint density at radius 1 is 1.28 bits per heavy atom. The number of carboxylic acid groups (broad SMARTS) is 1. The molecule has 0 bridgehead atoms. The molecule has 1 N–H and O–H groups in total. The van der Waals surface area contributed by atoms with Gasteiger partial charge < -0.3 is 10.0 Å². The Labute approximate surface area is 105 Å². The van der Waals surface area contributed by atoms with Crippen molar-refractivity contribution in [3.8, 4) is 0 Å². The molecule has 0 saturated carbocycles. The maximum absolute atomic E-state index is 13.8. The van der Waals surface area contributed by atoms with E-state index >= 15 is 0 Å². The second-order valence-corrected chi connectivity index (χ2v) is 4.03. The normalized spacial score (nSPS) is 10.4. The zero-order chi connectivity index (χ0) is 13.7. The van der Waals surface area contributed by atoms with Crippen LogP contribution in [0.2, 0.25) is 0 Å². The average Bonchev–Trinajstić information content (AvgIpc) is 2.32. The zero-order valence-electron chi connectivity index (χ0n) is 10.5. The van der Waals surface area contributed by atoms with E-state index in [2.05, 4.69) is 0 Å². The summed E-state index contributed by atoms with van der Waals surface area (Å²) in [6.45, 7) is 4.82. The van der Waals surface area contributed by atoms with Gasteiger partial charge in [0.05, 0.1) is 5.56 Å². The first kappa shape index (κ1) is 14.4. The Morgan fingerprint density at radius 2 is 1.83 bits per heavy atom. The Kier molecular flexibility index (Phi) is 5.07. The quantitative estimate of drug-likeness (QED) is 0.850. The molecule has 1 aromatic rings. The number of rotatable bonds is 6. The highest BCUT2D eigenvalue weighted by atomic mass is 19.1. The van der Waals surface area contributed by atoms with Crippen LogP contribution in [-0.2, 0) is 0 Å². The maximum Gasteiger partial charge on any atom is 0.335 e. The fraction of sp³-hybridized carbons (Fsp3) is 0.462. The summed E-state index contributed by atoms with van der Waals surface area (Å²) in [7, 11) is 0. The third-order valence-electron chi connectivity index (χ3n) is 2.74. The molecule has 18 heavy (non-hydrogen) atoms. The van der Waals surface area contributed by atoms with Crippen molar-refractivity contribution in [1.29, 1.82) is 0 Å². The lowest BCUT2D eigenvalue weighted by Gasteiger charge is -2.24. The molecule has 0 saturated heterocycles. The van der Waals surface area contributed by atoms with E-state index in [0.29, 0.717) is 13.1 Å². The van der Waals surface area contributed by atoms with Gasteiger partial charge in [0.1, 0.15) is 17.3 Å². The van der Waals surface area contributed by atoms with Gasteiger partial charge in [0.2, 0.25) is 0 Å². The molecule has 100 valence electrons.